The molecule has 0 unspecified atom stereocenters. The van der Waals surface area contributed by atoms with Crippen molar-refractivity contribution in [3.63, 3.8) is 0 Å². The van der Waals surface area contributed by atoms with Crippen LogP contribution in [0.2, 0.25) is 0 Å². The summed E-state index contributed by atoms with van der Waals surface area (Å²) in [7, 11) is 0. The predicted octanol–water partition coefficient (Wildman–Crippen LogP) is 5.60. The molecule has 0 spiro atoms. The molecule has 0 bridgehead atoms. The van der Waals surface area contributed by atoms with E-state index < -0.39 is 0 Å². The van der Waals surface area contributed by atoms with Gasteiger partial charge in [-0.1, -0.05) is 78.9 Å². The number of benzene rings is 3. The molecule has 2 nitrogen and oxygen atoms in total. The van der Waals surface area contributed by atoms with Crippen molar-refractivity contribution in [2.45, 2.75) is 20.0 Å². The van der Waals surface area contributed by atoms with Gasteiger partial charge in [0.25, 0.3) is 0 Å². The quantitative estimate of drug-likeness (QED) is 0.638. The highest BCUT2D eigenvalue weighted by molar-refractivity contribution is 5.58. The second-order valence-corrected chi connectivity index (χ2v) is 5.87. The summed E-state index contributed by atoms with van der Waals surface area (Å²) >= 11 is 0. The van der Waals surface area contributed by atoms with E-state index in [9.17, 15) is 5.11 Å². The highest BCUT2D eigenvalue weighted by Crippen LogP contribution is 2.33. The van der Waals surface area contributed by atoms with Crippen LogP contribution in [0.3, 0.4) is 0 Å². The molecule has 0 saturated heterocycles. The van der Waals surface area contributed by atoms with Crippen molar-refractivity contribution in [2.24, 2.45) is 0 Å². The lowest BCUT2D eigenvalue weighted by Crippen LogP contribution is -1.99. The number of aliphatic hydroxyl groups is 1. The lowest BCUT2D eigenvalue weighted by Gasteiger charge is -2.16. The van der Waals surface area contributed by atoms with Crippen molar-refractivity contribution in [1.82, 2.24) is 0 Å². The molecule has 2 heteroatoms. The van der Waals surface area contributed by atoms with Gasteiger partial charge < -0.3 is 9.84 Å². The average Bonchev–Trinajstić information content (AvgIpc) is 2.65. The monoisotopic (exact) mass is 330 g/mol. The summed E-state index contributed by atoms with van der Waals surface area (Å²) in [6.45, 7) is 1.93. The number of hydrogen-bond acceptors (Lipinski definition) is 2. The molecule has 0 aliphatic heterocycles. The van der Waals surface area contributed by atoms with Crippen LogP contribution in [-0.2, 0) is 13.0 Å². The van der Waals surface area contributed by atoms with Gasteiger partial charge in [-0.05, 0) is 24.1 Å². The van der Waals surface area contributed by atoms with Crippen LogP contribution in [0.15, 0.2) is 78.9 Å². The highest BCUT2D eigenvalue weighted by Gasteiger charge is 2.12. The number of aliphatic hydroxyl groups excluding tert-OH is 1. The van der Waals surface area contributed by atoms with Gasteiger partial charge in [-0.3, -0.25) is 0 Å². The van der Waals surface area contributed by atoms with Crippen molar-refractivity contribution in [3.8, 4) is 11.5 Å². The summed E-state index contributed by atoms with van der Waals surface area (Å²) in [4.78, 5) is 0. The van der Waals surface area contributed by atoms with Crippen LogP contribution in [0.25, 0.3) is 6.08 Å². The first kappa shape index (κ1) is 17.0. The van der Waals surface area contributed by atoms with Crippen LogP contribution in [0, 0.1) is 0 Å². The lowest BCUT2D eigenvalue weighted by molar-refractivity contribution is 0.276. The zero-order valence-electron chi connectivity index (χ0n) is 14.4. The van der Waals surface area contributed by atoms with E-state index in [-0.39, 0.29) is 6.61 Å². The molecule has 0 amide bonds. The molecule has 0 aliphatic rings. The van der Waals surface area contributed by atoms with Crippen LogP contribution in [0.1, 0.15) is 29.2 Å². The molecule has 3 aromatic carbocycles. The molecule has 1 N–H and O–H groups in total. The summed E-state index contributed by atoms with van der Waals surface area (Å²) in [6, 6.07) is 24.1. The lowest BCUT2D eigenvalue weighted by atomic mass is 10.0. The molecule has 0 radical (unpaired) electrons. The van der Waals surface area contributed by atoms with Gasteiger partial charge in [0.15, 0.2) is 0 Å². The second kappa shape index (κ2) is 8.32. The van der Waals surface area contributed by atoms with E-state index in [1.807, 2.05) is 73.7 Å². The van der Waals surface area contributed by atoms with Gasteiger partial charge >= 0.3 is 0 Å². The summed E-state index contributed by atoms with van der Waals surface area (Å²) in [5.74, 6) is 1.53. The first-order chi connectivity index (χ1) is 12.3. The molecule has 0 aliphatic carbocycles. The van der Waals surface area contributed by atoms with Crippen molar-refractivity contribution < 1.29 is 9.84 Å². The smallest absolute Gasteiger partial charge is 0.136 e. The van der Waals surface area contributed by atoms with Crippen LogP contribution in [0.5, 0.6) is 11.5 Å². The van der Waals surface area contributed by atoms with Gasteiger partial charge in [0.2, 0.25) is 0 Å². The fraction of sp³-hybridized carbons (Fsp3) is 0.130. The summed E-state index contributed by atoms with van der Waals surface area (Å²) in [6.07, 6.45) is 4.77. The molecule has 0 atom stereocenters. The Morgan fingerprint density at radius 3 is 2.32 bits per heavy atom. The molecule has 0 aromatic heterocycles. The minimum Gasteiger partial charge on any atom is -0.456 e. The number of hydrogen-bond donors (Lipinski definition) is 1. The van der Waals surface area contributed by atoms with E-state index in [0.717, 1.165) is 34.6 Å². The van der Waals surface area contributed by atoms with E-state index in [1.165, 1.54) is 5.56 Å². The molecule has 25 heavy (non-hydrogen) atoms. The largest absolute Gasteiger partial charge is 0.456 e. The predicted molar refractivity (Wildman–Crippen MR) is 103 cm³/mol. The van der Waals surface area contributed by atoms with Gasteiger partial charge in [-0.2, -0.15) is 0 Å². The van der Waals surface area contributed by atoms with Gasteiger partial charge in [0.05, 0.1) is 6.61 Å². The van der Waals surface area contributed by atoms with Gasteiger partial charge in [-0.25, -0.2) is 0 Å². The summed E-state index contributed by atoms with van der Waals surface area (Å²) in [5.41, 5.74) is 4.09. The highest BCUT2D eigenvalue weighted by atomic mass is 16.5. The standard InChI is InChI=1S/C23H22O2/c1-2-9-19-12-6-7-15-22(19)25-23-20(13-8-14-21(23)17-24)16-18-10-4-3-5-11-18/h2-15,24H,16-17H2,1H3. The van der Waals surface area contributed by atoms with Crippen molar-refractivity contribution in [3.05, 3.63) is 101 Å². The number of rotatable bonds is 6. The first-order valence-corrected chi connectivity index (χ1v) is 8.47. The third kappa shape index (κ3) is 4.17. The maximum Gasteiger partial charge on any atom is 0.136 e. The fourth-order valence-corrected chi connectivity index (χ4v) is 2.85. The van der Waals surface area contributed by atoms with E-state index in [0.29, 0.717) is 0 Å². The number of para-hydroxylation sites is 2. The average molecular weight is 330 g/mol. The molecule has 0 saturated carbocycles. The summed E-state index contributed by atoms with van der Waals surface area (Å²) < 4.78 is 6.28. The van der Waals surface area contributed by atoms with Crippen LogP contribution in [-0.4, -0.2) is 5.11 Å². The molecular formula is C23H22O2. The number of ether oxygens (including phenoxy) is 1. The molecular weight excluding hydrogens is 308 g/mol. The maximum absolute atomic E-state index is 9.77. The Morgan fingerprint density at radius 1 is 0.840 bits per heavy atom. The van der Waals surface area contributed by atoms with Crippen LogP contribution < -0.4 is 4.74 Å². The molecule has 126 valence electrons. The zero-order valence-corrected chi connectivity index (χ0v) is 14.4. The second-order valence-electron chi connectivity index (χ2n) is 5.87. The Balaban J connectivity index is 2.00. The van der Waals surface area contributed by atoms with Gasteiger partial charge in [0, 0.05) is 17.5 Å². The topological polar surface area (TPSA) is 29.5 Å². The van der Waals surface area contributed by atoms with Crippen molar-refractivity contribution >= 4 is 6.08 Å². The van der Waals surface area contributed by atoms with E-state index in [4.69, 9.17) is 4.74 Å². The SMILES string of the molecule is CC=Cc1ccccc1Oc1c(CO)cccc1Cc1ccccc1. The maximum atomic E-state index is 9.77. The molecule has 3 rings (SSSR count). The van der Waals surface area contributed by atoms with E-state index in [2.05, 4.69) is 18.2 Å². The van der Waals surface area contributed by atoms with Crippen LogP contribution in [0.4, 0.5) is 0 Å². The van der Waals surface area contributed by atoms with Crippen LogP contribution >= 0.6 is 0 Å². The Bertz CT molecular complexity index is 851. The Kier molecular flexibility index (Phi) is 5.65. The Morgan fingerprint density at radius 2 is 1.56 bits per heavy atom. The molecule has 0 heterocycles. The van der Waals surface area contributed by atoms with E-state index >= 15 is 0 Å². The molecule has 3 aromatic rings. The minimum absolute atomic E-state index is 0.0518. The van der Waals surface area contributed by atoms with Crippen molar-refractivity contribution in [2.75, 3.05) is 0 Å². The molecule has 0 fully saturated rings. The third-order valence-corrected chi connectivity index (χ3v) is 4.06. The van der Waals surface area contributed by atoms with Crippen molar-refractivity contribution in [1.29, 1.82) is 0 Å². The third-order valence-electron chi connectivity index (χ3n) is 4.06. The fourth-order valence-electron chi connectivity index (χ4n) is 2.85. The first-order valence-electron chi connectivity index (χ1n) is 8.47. The zero-order chi connectivity index (χ0) is 17.5. The van der Waals surface area contributed by atoms with E-state index in [1.54, 1.807) is 0 Å². The van der Waals surface area contributed by atoms with Gasteiger partial charge in [0.1, 0.15) is 11.5 Å². The number of allylic oxidation sites excluding steroid dienone is 1. The minimum atomic E-state index is -0.0518. The normalized spacial score (nSPS) is 11.0. The van der Waals surface area contributed by atoms with Gasteiger partial charge in [-0.15, -0.1) is 0 Å². The Hall–Kier alpha value is -2.84. The Labute approximate surface area is 149 Å². The summed E-state index contributed by atoms with van der Waals surface area (Å²) in [5, 5.41) is 9.77.